The van der Waals surface area contributed by atoms with Crippen molar-refractivity contribution >= 4 is 11.6 Å². The lowest BCUT2D eigenvalue weighted by Crippen LogP contribution is -2.45. The molecule has 0 saturated carbocycles. The standard InChI is InChI=1S/C11H18N4O2/c1-6-5-15(4-3-8(6)16)11(17)10-9(12)7(2)13-14-10/h6,8,16H,3-5,12H2,1-2H3,(H,13,14). The fraction of sp³-hybridized carbons (Fsp3) is 0.636. The number of carbonyl (C=O) groups is 1. The van der Waals surface area contributed by atoms with Crippen molar-refractivity contribution in [3.05, 3.63) is 11.4 Å². The highest BCUT2D eigenvalue weighted by molar-refractivity contribution is 5.97. The fourth-order valence-electron chi connectivity index (χ4n) is 2.07. The van der Waals surface area contributed by atoms with Crippen molar-refractivity contribution in [2.45, 2.75) is 26.4 Å². The third kappa shape index (κ3) is 2.12. The number of rotatable bonds is 1. The maximum Gasteiger partial charge on any atom is 0.276 e. The van der Waals surface area contributed by atoms with Gasteiger partial charge in [0, 0.05) is 13.1 Å². The molecule has 1 aromatic heterocycles. The van der Waals surface area contributed by atoms with Crippen molar-refractivity contribution < 1.29 is 9.90 Å². The van der Waals surface area contributed by atoms with Gasteiger partial charge in [0.2, 0.25) is 0 Å². The van der Waals surface area contributed by atoms with Crippen LogP contribution in [-0.2, 0) is 0 Å². The van der Waals surface area contributed by atoms with Gasteiger partial charge in [-0.1, -0.05) is 6.92 Å². The summed E-state index contributed by atoms with van der Waals surface area (Å²) in [5, 5.41) is 16.3. The van der Waals surface area contributed by atoms with E-state index >= 15 is 0 Å². The summed E-state index contributed by atoms with van der Waals surface area (Å²) in [5.41, 5.74) is 7.18. The number of aliphatic hydroxyl groups is 1. The number of nitrogen functional groups attached to an aromatic ring is 1. The van der Waals surface area contributed by atoms with E-state index < -0.39 is 0 Å². The molecule has 2 rings (SSSR count). The molecule has 0 spiro atoms. The van der Waals surface area contributed by atoms with Crippen molar-refractivity contribution in [2.24, 2.45) is 5.92 Å². The molecule has 1 amide bonds. The molecule has 4 N–H and O–H groups in total. The summed E-state index contributed by atoms with van der Waals surface area (Å²) in [4.78, 5) is 13.9. The number of hydrogen-bond donors (Lipinski definition) is 3. The Morgan fingerprint density at radius 1 is 1.65 bits per heavy atom. The molecule has 17 heavy (non-hydrogen) atoms. The lowest BCUT2D eigenvalue weighted by molar-refractivity contribution is 0.0295. The number of H-pyrrole nitrogens is 1. The van der Waals surface area contributed by atoms with Crippen LogP contribution >= 0.6 is 0 Å². The van der Waals surface area contributed by atoms with Crippen LogP contribution in [0.1, 0.15) is 29.5 Å². The molecule has 2 atom stereocenters. The van der Waals surface area contributed by atoms with Gasteiger partial charge in [0.1, 0.15) is 0 Å². The number of likely N-dealkylation sites (tertiary alicyclic amines) is 1. The van der Waals surface area contributed by atoms with Gasteiger partial charge in [0.25, 0.3) is 5.91 Å². The average molecular weight is 238 g/mol. The third-order valence-corrected chi connectivity index (χ3v) is 3.34. The maximum absolute atomic E-state index is 12.2. The highest BCUT2D eigenvalue weighted by Crippen LogP contribution is 2.21. The number of amides is 1. The second kappa shape index (κ2) is 4.37. The van der Waals surface area contributed by atoms with E-state index in [1.807, 2.05) is 6.92 Å². The topological polar surface area (TPSA) is 95.2 Å². The van der Waals surface area contributed by atoms with E-state index in [0.29, 0.717) is 30.9 Å². The molecule has 1 fully saturated rings. The zero-order valence-electron chi connectivity index (χ0n) is 10.1. The molecule has 1 saturated heterocycles. The minimum absolute atomic E-state index is 0.0916. The molecule has 2 unspecified atom stereocenters. The number of nitrogens with two attached hydrogens (primary N) is 1. The Morgan fingerprint density at radius 2 is 2.35 bits per heavy atom. The zero-order chi connectivity index (χ0) is 12.6. The minimum Gasteiger partial charge on any atom is -0.395 e. The van der Waals surface area contributed by atoms with Crippen molar-refractivity contribution in [2.75, 3.05) is 18.8 Å². The van der Waals surface area contributed by atoms with Gasteiger partial charge in [0.05, 0.1) is 17.5 Å². The van der Waals surface area contributed by atoms with Gasteiger partial charge in [-0.2, -0.15) is 5.10 Å². The molecule has 0 aliphatic carbocycles. The van der Waals surface area contributed by atoms with Gasteiger partial charge in [-0.3, -0.25) is 9.89 Å². The Balaban J connectivity index is 2.13. The Bertz CT molecular complexity index is 429. The average Bonchev–Trinajstić information content (AvgIpc) is 2.63. The highest BCUT2D eigenvalue weighted by Gasteiger charge is 2.29. The van der Waals surface area contributed by atoms with Crippen LogP contribution in [-0.4, -0.2) is 45.3 Å². The Hall–Kier alpha value is -1.56. The van der Waals surface area contributed by atoms with Gasteiger partial charge in [-0.25, -0.2) is 0 Å². The molecule has 6 nitrogen and oxygen atoms in total. The van der Waals surface area contributed by atoms with Crippen LogP contribution in [0.15, 0.2) is 0 Å². The number of carbonyl (C=O) groups excluding carboxylic acids is 1. The number of aryl methyl sites for hydroxylation is 1. The molecule has 2 heterocycles. The summed E-state index contributed by atoms with van der Waals surface area (Å²) in [6, 6.07) is 0. The number of hydrogen-bond acceptors (Lipinski definition) is 4. The lowest BCUT2D eigenvalue weighted by Gasteiger charge is -2.34. The van der Waals surface area contributed by atoms with Crippen LogP contribution in [0.25, 0.3) is 0 Å². The van der Waals surface area contributed by atoms with Crippen LogP contribution in [0.4, 0.5) is 5.69 Å². The number of nitrogens with zero attached hydrogens (tertiary/aromatic N) is 2. The predicted octanol–water partition coefficient (Wildman–Crippen LogP) is 0.143. The summed E-state index contributed by atoms with van der Waals surface area (Å²) < 4.78 is 0. The fourth-order valence-corrected chi connectivity index (χ4v) is 2.07. The lowest BCUT2D eigenvalue weighted by atomic mass is 9.96. The van der Waals surface area contributed by atoms with E-state index in [2.05, 4.69) is 10.2 Å². The van der Waals surface area contributed by atoms with Crippen LogP contribution in [0.3, 0.4) is 0 Å². The first kappa shape index (κ1) is 11.9. The first-order valence-corrected chi connectivity index (χ1v) is 5.78. The van der Waals surface area contributed by atoms with Crippen molar-refractivity contribution in [1.82, 2.24) is 15.1 Å². The van der Waals surface area contributed by atoms with Gasteiger partial charge < -0.3 is 15.7 Å². The molecular formula is C11H18N4O2. The van der Waals surface area contributed by atoms with Crippen molar-refractivity contribution in [3.63, 3.8) is 0 Å². The Kier molecular flexibility index (Phi) is 3.06. The van der Waals surface area contributed by atoms with E-state index in [-0.39, 0.29) is 23.6 Å². The molecule has 0 radical (unpaired) electrons. The van der Waals surface area contributed by atoms with Crippen LogP contribution in [0.2, 0.25) is 0 Å². The summed E-state index contributed by atoms with van der Waals surface area (Å²) in [6.45, 7) is 4.81. The quantitative estimate of drug-likeness (QED) is 0.648. The minimum atomic E-state index is -0.322. The summed E-state index contributed by atoms with van der Waals surface area (Å²) in [6.07, 6.45) is 0.285. The Morgan fingerprint density at radius 3 is 2.88 bits per heavy atom. The van der Waals surface area contributed by atoms with E-state index in [9.17, 15) is 9.90 Å². The van der Waals surface area contributed by atoms with Crippen molar-refractivity contribution in [1.29, 1.82) is 0 Å². The summed E-state index contributed by atoms with van der Waals surface area (Å²) in [7, 11) is 0. The second-order valence-electron chi connectivity index (χ2n) is 4.70. The van der Waals surface area contributed by atoms with E-state index in [0.717, 1.165) is 0 Å². The predicted molar refractivity (Wildman–Crippen MR) is 63.4 cm³/mol. The van der Waals surface area contributed by atoms with E-state index in [1.54, 1.807) is 11.8 Å². The van der Waals surface area contributed by atoms with Crippen LogP contribution in [0.5, 0.6) is 0 Å². The van der Waals surface area contributed by atoms with Crippen molar-refractivity contribution in [3.8, 4) is 0 Å². The normalized spacial score (nSPS) is 25.0. The molecule has 0 aromatic carbocycles. The second-order valence-corrected chi connectivity index (χ2v) is 4.70. The number of aliphatic hydroxyl groups excluding tert-OH is 1. The SMILES string of the molecule is Cc1[nH]nc(C(=O)N2CCC(O)C(C)C2)c1N. The van der Waals surface area contributed by atoms with Gasteiger partial charge in [0.15, 0.2) is 5.69 Å². The van der Waals surface area contributed by atoms with Gasteiger partial charge >= 0.3 is 0 Å². The molecule has 1 aliphatic heterocycles. The number of aromatic nitrogens is 2. The molecule has 1 aromatic rings. The number of nitrogens with one attached hydrogen (secondary N) is 1. The monoisotopic (exact) mass is 238 g/mol. The number of aromatic amines is 1. The van der Waals surface area contributed by atoms with E-state index in [4.69, 9.17) is 5.73 Å². The zero-order valence-corrected chi connectivity index (χ0v) is 10.1. The Labute approximate surface area is 99.8 Å². The maximum atomic E-state index is 12.2. The van der Waals surface area contributed by atoms with Gasteiger partial charge in [-0.15, -0.1) is 0 Å². The molecule has 0 bridgehead atoms. The van der Waals surface area contributed by atoms with E-state index in [1.165, 1.54) is 0 Å². The smallest absolute Gasteiger partial charge is 0.276 e. The largest absolute Gasteiger partial charge is 0.395 e. The third-order valence-electron chi connectivity index (χ3n) is 3.34. The first-order valence-electron chi connectivity index (χ1n) is 5.78. The number of piperidine rings is 1. The highest BCUT2D eigenvalue weighted by atomic mass is 16.3. The summed E-state index contributed by atoms with van der Waals surface area (Å²) in [5.74, 6) is -0.0698. The number of anilines is 1. The van der Waals surface area contributed by atoms with Crippen LogP contribution in [0, 0.1) is 12.8 Å². The molecular weight excluding hydrogens is 220 g/mol. The molecule has 1 aliphatic rings. The molecule has 6 heteroatoms. The van der Waals surface area contributed by atoms with Gasteiger partial charge in [-0.05, 0) is 19.3 Å². The summed E-state index contributed by atoms with van der Waals surface area (Å²) >= 11 is 0. The van der Waals surface area contributed by atoms with Crippen LogP contribution < -0.4 is 5.73 Å². The molecule has 94 valence electrons. The first-order chi connectivity index (χ1) is 8.00.